The van der Waals surface area contributed by atoms with E-state index < -0.39 is 0 Å². The van der Waals surface area contributed by atoms with E-state index in [-0.39, 0.29) is 0 Å². The Hall–Kier alpha value is -2.28. The van der Waals surface area contributed by atoms with Crippen LogP contribution in [0.5, 0.6) is 0 Å². The van der Waals surface area contributed by atoms with Gasteiger partial charge in [0.15, 0.2) is 0 Å². The molecule has 3 rings (SSSR count). The van der Waals surface area contributed by atoms with Crippen LogP contribution in [0.1, 0.15) is 16.7 Å². The van der Waals surface area contributed by atoms with E-state index in [9.17, 15) is 0 Å². The van der Waals surface area contributed by atoms with E-state index in [0.717, 1.165) is 23.9 Å². The topological polar surface area (TPSA) is 0 Å². The summed E-state index contributed by atoms with van der Waals surface area (Å²) in [4.78, 5) is 0. The first-order chi connectivity index (χ1) is 10.8. The lowest BCUT2D eigenvalue weighted by Gasteiger charge is -2.13. The second kappa shape index (κ2) is 6.66. The fourth-order valence-corrected chi connectivity index (χ4v) is 2.86. The molecule has 106 valence electrons. The van der Waals surface area contributed by atoms with Crippen LogP contribution < -0.4 is 5.46 Å². The predicted octanol–water partition coefficient (Wildman–Crippen LogP) is 4.24. The van der Waals surface area contributed by atoms with Crippen molar-refractivity contribution in [3.8, 4) is 11.1 Å². The van der Waals surface area contributed by atoms with Crippen LogP contribution in [0.25, 0.3) is 11.1 Å². The third-order valence-electron chi connectivity index (χ3n) is 4.21. The molecule has 0 saturated carbocycles. The molecule has 0 aromatic heterocycles. The summed E-state index contributed by atoms with van der Waals surface area (Å²) in [5.41, 5.74) is 7.18. The molecule has 1 heteroatoms. The molecule has 0 unspecified atom stereocenters. The summed E-state index contributed by atoms with van der Waals surface area (Å²) in [7, 11) is 6.42. The molecule has 0 nitrogen and oxygen atoms in total. The van der Waals surface area contributed by atoms with Gasteiger partial charge in [-0.3, -0.25) is 0 Å². The summed E-state index contributed by atoms with van der Waals surface area (Å²) in [6.45, 7) is 2.17. The van der Waals surface area contributed by atoms with Crippen molar-refractivity contribution >= 4 is 13.3 Å². The Morgan fingerprint density at radius 1 is 0.682 bits per heavy atom. The maximum Gasteiger partial charge on any atom is 0.115 e. The molecule has 0 N–H and O–H groups in total. The molecule has 0 atom stereocenters. The molecule has 3 aromatic carbocycles. The highest BCUT2D eigenvalue weighted by Gasteiger charge is 2.06. The molecular weight excluding hydrogens is 263 g/mol. The quantitative estimate of drug-likeness (QED) is 0.628. The Kier molecular flexibility index (Phi) is 4.43. The van der Waals surface area contributed by atoms with Gasteiger partial charge in [0.2, 0.25) is 0 Å². The minimum atomic E-state index is 0.905. The van der Waals surface area contributed by atoms with E-state index in [1.165, 1.54) is 22.3 Å². The fourth-order valence-electron chi connectivity index (χ4n) is 2.86. The highest BCUT2D eigenvalue weighted by molar-refractivity contribution is 6.37. The lowest BCUT2D eigenvalue weighted by Crippen LogP contribution is -2.14. The zero-order chi connectivity index (χ0) is 15.4. The van der Waals surface area contributed by atoms with Gasteiger partial charge < -0.3 is 0 Å². The highest BCUT2D eigenvalue weighted by Crippen LogP contribution is 2.18. The van der Waals surface area contributed by atoms with Crippen molar-refractivity contribution in [2.75, 3.05) is 0 Å². The first kappa shape index (κ1) is 14.7. The van der Waals surface area contributed by atoms with Gasteiger partial charge in [-0.25, -0.2) is 0 Å². The van der Waals surface area contributed by atoms with Crippen molar-refractivity contribution in [3.63, 3.8) is 0 Å². The Morgan fingerprint density at radius 2 is 1.32 bits per heavy atom. The minimum Gasteiger partial charge on any atom is -0.0858 e. The highest BCUT2D eigenvalue weighted by atomic mass is 14.1. The third kappa shape index (κ3) is 3.14. The van der Waals surface area contributed by atoms with Gasteiger partial charge in [0, 0.05) is 0 Å². The lowest BCUT2D eigenvalue weighted by atomic mass is 9.81. The number of hydrogen-bond acceptors (Lipinski definition) is 0. The van der Waals surface area contributed by atoms with Crippen LogP contribution in [0.15, 0.2) is 72.8 Å². The van der Waals surface area contributed by atoms with Gasteiger partial charge in [0.05, 0.1) is 0 Å². The Bertz CT molecular complexity index is 760. The predicted molar refractivity (Wildman–Crippen MR) is 95.9 cm³/mol. The average molecular weight is 282 g/mol. The number of hydrogen-bond donors (Lipinski definition) is 0. The zero-order valence-corrected chi connectivity index (χ0v) is 12.9. The van der Waals surface area contributed by atoms with E-state index in [2.05, 4.69) is 73.7 Å². The summed E-state index contributed by atoms with van der Waals surface area (Å²) in [6.07, 6.45) is 1.99. The van der Waals surface area contributed by atoms with Crippen LogP contribution in [-0.4, -0.2) is 7.85 Å². The molecule has 0 aliphatic carbocycles. The monoisotopic (exact) mass is 282 g/mol. The van der Waals surface area contributed by atoms with Crippen molar-refractivity contribution < 1.29 is 0 Å². The largest absolute Gasteiger partial charge is 0.115 e. The molecule has 0 aliphatic heterocycles. The first-order valence-corrected chi connectivity index (χ1v) is 7.73. The fraction of sp³-hybridized carbons (Fsp3) is 0.143. The smallest absolute Gasteiger partial charge is 0.0858 e. The van der Waals surface area contributed by atoms with Gasteiger partial charge in [-0.15, -0.1) is 0 Å². The standard InChI is InChI=1S/C21H19B/c1-16-8-5-6-9-17(16)14-15-19-12-7-13-20(21(19)22)18-10-3-2-4-11-18/h2-13H,14-15H2,1H3. The minimum absolute atomic E-state index is 0.905. The summed E-state index contributed by atoms with van der Waals surface area (Å²) in [5.74, 6) is 0. The maximum atomic E-state index is 6.42. The first-order valence-electron chi connectivity index (χ1n) is 7.73. The number of benzene rings is 3. The SMILES string of the molecule is [B]c1c(CCc2ccccc2C)cccc1-c1ccccc1. The van der Waals surface area contributed by atoms with Gasteiger partial charge in [-0.1, -0.05) is 83.8 Å². The summed E-state index contributed by atoms with van der Waals surface area (Å²) in [5, 5.41) is 0. The molecule has 3 aromatic rings. The lowest BCUT2D eigenvalue weighted by molar-refractivity contribution is 0.955. The molecule has 0 amide bonds. The van der Waals surface area contributed by atoms with Crippen molar-refractivity contribution in [2.45, 2.75) is 19.8 Å². The van der Waals surface area contributed by atoms with Gasteiger partial charge in [0.25, 0.3) is 0 Å². The van der Waals surface area contributed by atoms with Crippen LogP contribution in [-0.2, 0) is 12.8 Å². The van der Waals surface area contributed by atoms with Gasteiger partial charge in [0.1, 0.15) is 7.85 Å². The maximum absolute atomic E-state index is 6.42. The van der Waals surface area contributed by atoms with Crippen LogP contribution in [0.2, 0.25) is 0 Å². The van der Waals surface area contributed by atoms with E-state index in [0.29, 0.717) is 0 Å². The van der Waals surface area contributed by atoms with Crippen LogP contribution in [0.4, 0.5) is 0 Å². The van der Waals surface area contributed by atoms with Crippen LogP contribution in [0, 0.1) is 6.92 Å². The van der Waals surface area contributed by atoms with Crippen molar-refractivity contribution in [3.05, 3.63) is 89.5 Å². The molecule has 2 radical (unpaired) electrons. The van der Waals surface area contributed by atoms with Crippen molar-refractivity contribution in [1.29, 1.82) is 0 Å². The van der Waals surface area contributed by atoms with Crippen LogP contribution in [0.3, 0.4) is 0 Å². The van der Waals surface area contributed by atoms with E-state index >= 15 is 0 Å². The van der Waals surface area contributed by atoms with E-state index in [4.69, 9.17) is 7.85 Å². The normalized spacial score (nSPS) is 10.6. The summed E-state index contributed by atoms with van der Waals surface area (Å²) < 4.78 is 0. The second-order valence-electron chi connectivity index (χ2n) is 5.67. The molecule has 0 saturated heterocycles. The van der Waals surface area contributed by atoms with Crippen LogP contribution >= 0.6 is 0 Å². The third-order valence-corrected chi connectivity index (χ3v) is 4.21. The van der Waals surface area contributed by atoms with Gasteiger partial charge in [-0.05, 0) is 42.0 Å². The van der Waals surface area contributed by atoms with Crippen molar-refractivity contribution in [1.82, 2.24) is 0 Å². The Morgan fingerprint density at radius 3 is 2.09 bits per heavy atom. The molecule has 22 heavy (non-hydrogen) atoms. The second-order valence-corrected chi connectivity index (χ2v) is 5.67. The molecule has 0 heterocycles. The van der Waals surface area contributed by atoms with Crippen molar-refractivity contribution in [2.24, 2.45) is 0 Å². The van der Waals surface area contributed by atoms with Gasteiger partial charge >= 0.3 is 0 Å². The average Bonchev–Trinajstić information content (AvgIpc) is 2.56. The van der Waals surface area contributed by atoms with E-state index in [1.54, 1.807) is 0 Å². The van der Waals surface area contributed by atoms with Gasteiger partial charge in [-0.2, -0.15) is 0 Å². The molecule has 0 bridgehead atoms. The molecule has 0 spiro atoms. The summed E-state index contributed by atoms with van der Waals surface area (Å²) in [6, 6.07) is 25.2. The zero-order valence-electron chi connectivity index (χ0n) is 12.9. The number of aryl methyl sites for hydroxylation is 3. The number of rotatable bonds is 4. The molecule has 0 fully saturated rings. The Balaban J connectivity index is 1.85. The summed E-state index contributed by atoms with van der Waals surface area (Å²) >= 11 is 0. The van der Waals surface area contributed by atoms with E-state index in [1.807, 2.05) is 6.07 Å². The molecular formula is C21H19B. The Labute approximate surface area is 134 Å². The molecule has 0 aliphatic rings.